The van der Waals surface area contributed by atoms with Gasteiger partial charge in [0.1, 0.15) is 5.65 Å². The van der Waals surface area contributed by atoms with Gasteiger partial charge in [0.2, 0.25) is 0 Å². The van der Waals surface area contributed by atoms with Crippen LogP contribution in [0, 0.1) is 18.8 Å². The minimum atomic E-state index is 0.713. The first kappa shape index (κ1) is 23.3. The third-order valence-electron chi connectivity index (χ3n) is 7.30. The fourth-order valence-corrected chi connectivity index (χ4v) is 5.28. The van der Waals surface area contributed by atoms with Gasteiger partial charge in [-0.25, -0.2) is 4.98 Å². The number of hydrogen-bond donors (Lipinski definition) is 0. The van der Waals surface area contributed by atoms with Gasteiger partial charge < -0.3 is 9.47 Å². The minimum Gasteiger partial charge on any atom is -0.371 e. The topological polar surface area (TPSA) is 33.4 Å². The van der Waals surface area contributed by atoms with Crippen LogP contribution in [0.15, 0.2) is 54.2 Å². The molecule has 3 aromatic rings. The average Bonchev–Trinajstić information content (AvgIpc) is 3.20. The molecular weight excluding hydrogens is 404 g/mol. The van der Waals surface area contributed by atoms with Crippen LogP contribution in [0.25, 0.3) is 16.7 Å². The van der Waals surface area contributed by atoms with E-state index in [1.54, 1.807) is 0 Å². The largest absolute Gasteiger partial charge is 0.371 e. The molecule has 4 rings (SSSR count). The predicted molar refractivity (Wildman–Crippen MR) is 141 cm³/mol. The number of hydrogen-bond acceptors (Lipinski definition) is 3. The SMILES string of the molecule is C=C(c1ccc(C)c(N=C(C)c2cc3cccnc3n2CC)c1)N1CCC(CCC)C(C)C1. The highest BCUT2D eigenvalue weighted by Crippen LogP contribution is 2.33. The summed E-state index contributed by atoms with van der Waals surface area (Å²) < 4.78 is 2.24. The zero-order valence-electron chi connectivity index (χ0n) is 20.9. The van der Waals surface area contributed by atoms with E-state index in [0.717, 1.165) is 59.4 Å². The summed E-state index contributed by atoms with van der Waals surface area (Å²) in [6.45, 7) is 18.6. The first-order valence-electron chi connectivity index (χ1n) is 12.5. The van der Waals surface area contributed by atoms with E-state index in [4.69, 9.17) is 4.99 Å². The molecule has 33 heavy (non-hydrogen) atoms. The third kappa shape index (κ3) is 4.75. The maximum atomic E-state index is 5.08. The van der Waals surface area contributed by atoms with E-state index in [2.05, 4.69) is 86.0 Å². The number of likely N-dealkylation sites (tertiary alicyclic amines) is 1. The molecule has 0 amide bonds. The monoisotopic (exact) mass is 442 g/mol. The summed E-state index contributed by atoms with van der Waals surface area (Å²) in [7, 11) is 0. The second-order valence-corrected chi connectivity index (χ2v) is 9.60. The highest BCUT2D eigenvalue weighted by molar-refractivity contribution is 6.02. The first-order valence-corrected chi connectivity index (χ1v) is 12.5. The van der Waals surface area contributed by atoms with Crippen LogP contribution in [-0.2, 0) is 6.54 Å². The maximum Gasteiger partial charge on any atom is 0.140 e. The molecule has 2 unspecified atom stereocenters. The molecule has 2 aromatic heterocycles. The fourth-order valence-electron chi connectivity index (χ4n) is 5.28. The van der Waals surface area contributed by atoms with Crippen LogP contribution in [0.3, 0.4) is 0 Å². The molecule has 0 bridgehead atoms. The molecule has 0 N–H and O–H groups in total. The smallest absolute Gasteiger partial charge is 0.140 e. The minimum absolute atomic E-state index is 0.713. The van der Waals surface area contributed by atoms with E-state index >= 15 is 0 Å². The van der Waals surface area contributed by atoms with Crippen LogP contribution in [0.5, 0.6) is 0 Å². The Hall–Kier alpha value is -2.88. The Morgan fingerprint density at radius 2 is 2.03 bits per heavy atom. The Kier molecular flexibility index (Phi) is 7.02. The molecule has 4 nitrogen and oxygen atoms in total. The zero-order valence-corrected chi connectivity index (χ0v) is 20.9. The number of benzene rings is 1. The molecule has 4 heteroatoms. The van der Waals surface area contributed by atoms with Crippen LogP contribution in [0.2, 0.25) is 0 Å². The third-order valence-corrected chi connectivity index (χ3v) is 7.30. The lowest BCUT2D eigenvalue weighted by atomic mass is 9.83. The number of nitrogens with zero attached hydrogens (tertiary/aromatic N) is 4. The molecule has 1 saturated heterocycles. The van der Waals surface area contributed by atoms with E-state index in [1.165, 1.54) is 30.4 Å². The van der Waals surface area contributed by atoms with Crippen molar-refractivity contribution in [3.63, 3.8) is 0 Å². The van der Waals surface area contributed by atoms with Gasteiger partial charge in [-0.2, -0.15) is 0 Å². The summed E-state index contributed by atoms with van der Waals surface area (Å²) in [5.41, 5.74) is 7.64. The summed E-state index contributed by atoms with van der Waals surface area (Å²) in [6, 6.07) is 12.9. The summed E-state index contributed by atoms with van der Waals surface area (Å²) in [6.07, 6.45) is 5.74. The van der Waals surface area contributed by atoms with E-state index in [9.17, 15) is 0 Å². The number of aryl methyl sites for hydroxylation is 2. The molecule has 1 aliphatic heterocycles. The highest BCUT2D eigenvalue weighted by Gasteiger charge is 2.26. The summed E-state index contributed by atoms with van der Waals surface area (Å²) in [4.78, 5) is 12.1. The normalized spacial score (nSPS) is 19.3. The molecule has 0 spiro atoms. The van der Waals surface area contributed by atoms with Crippen LogP contribution >= 0.6 is 0 Å². The van der Waals surface area contributed by atoms with Gasteiger partial charge in [-0.3, -0.25) is 4.99 Å². The molecule has 0 saturated carbocycles. The highest BCUT2D eigenvalue weighted by atomic mass is 15.1. The Morgan fingerprint density at radius 1 is 1.21 bits per heavy atom. The second-order valence-electron chi connectivity index (χ2n) is 9.60. The average molecular weight is 443 g/mol. The number of pyridine rings is 1. The van der Waals surface area contributed by atoms with Crippen molar-refractivity contribution < 1.29 is 0 Å². The van der Waals surface area contributed by atoms with Crippen LogP contribution in [0.1, 0.15) is 63.8 Å². The summed E-state index contributed by atoms with van der Waals surface area (Å²) >= 11 is 0. The molecular formula is C29H38N4. The number of aliphatic imine (C=N–C) groups is 1. The van der Waals surface area contributed by atoms with Gasteiger partial charge in [0.05, 0.1) is 17.1 Å². The van der Waals surface area contributed by atoms with E-state index < -0.39 is 0 Å². The van der Waals surface area contributed by atoms with Crippen LogP contribution in [-0.4, -0.2) is 33.3 Å². The number of aromatic nitrogens is 2. The Balaban J connectivity index is 1.60. The van der Waals surface area contributed by atoms with Crippen molar-refractivity contribution in [1.29, 1.82) is 0 Å². The van der Waals surface area contributed by atoms with Crippen molar-refractivity contribution in [1.82, 2.24) is 14.5 Å². The Labute approximate surface area is 199 Å². The fraction of sp³-hybridized carbons (Fsp3) is 0.448. The maximum absolute atomic E-state index is 5.08. The van der Waals surface area contributed by atoms with Gasteiger partial charge in [0, 0.05) is 36.9 Å². The van der Waals surface area contributed by atoms with Crippen LogP contribution < -0.4 is 0 Å². The molecule has 1 fully saturated rings. The molecule has 174 valence electrons. The zero-order chi connectivity index (χ0) is 23.5. The van der Waals surface area contributed by atoms with Crippen molar-refractivity contribution in [3.05, 3.63) is 66.0 Å². The van der Waals surface area contributed by atoms with Gasteiger partial charge >= 0.3 is 0 Å². The van der Waals surface area contributed by atoms with Gasteiger partial charge in [-0.05, 0) is 74.4 Å². The molecule has 2 atom stereocenters. The summed E-state index contributed by atoms with van der Waals surface area (Å²) in [5, 5.41) is 1.16. The van der Waals surface area contributed by atoms with Gasteiger partial charge in [0.15, 0.2) is 0 Å². The summed E-state index contributed by atoms with van der Waals surface area (Å²) in [5.74, 6) is 1.56. The number of fused-ring (bicyclic) bond motifs is 1. The molecule has 3 heterocycles. The molecule has 1 aromatic carbocycles. The second kappa shape index (κ2) is 9.94. The van der Waals surface area contributed by atoms with Crippen molar-refractivity contribution in [2.24, 2.45) is 16.8 Å². The number of piperidine rings is 1. The van der Waals surface area contributed by atoms with Crippen molar-refractivity contribution in [2.75, 3.05) is 13.1 Å². The lowest BCUT2D eigenvalue weighted by Gasteiger charge is -2.39. The molecule has 1 aliphatic rings. The standard InChI is InChI=1S/C29H38N4/c1-7-10-24-14-16-32(19-21(24)4)23(6)25-13-12-20(3)27(17-25)31-22(5)28-18-26-11-9-15-30-29(26)33(28)8-2/h9,11-13,15,17-18,21,24H,6-8,10,14,16,19H2,1-5H3. The van der Waals surface area contributed by atoms with Crippen molar-refractivity contribution >= 4 is 28.1 Å². The predicted octanol–water partition coefficient (Wildman–Crippen LogP) is 7.23. The van der Waals surface area contributed by atoms with Gasteiger partial charge in [-0.15, -0.1) is 0 Å². The van der Waals surface area contributed by atoms with E-state index in [1.807, 2.05) is 12.3 Å². The lowest BCUT2D eigenvalue weighted by Crippen LogP contribution is -2.37. The van der Waals surface area contributed by atoms with E-state index in [0.29, 0.717) is 5.92 Å². The Morgan fingerprint density at radius 3 is 2.76 bits per heavy atom. The quantitative estimate of drug-likeness (QED) is 0.362. The van der Waals surface area contributed by atoms with Crippen LogP contribution in [0.4, 0.5) is 5.69 Å². The number of rotatable bonds is 7. The Bertz CT molecular complexity index is 1170. The van der Waals surface area contributed by atoms with E-state index in [-0.39, 0.29) is 0 Å². The molecule has 0 aliphatic carbocycles. The van der Waals surface area contributed by atoms with Crippen molar-refractivity contribution in [2.45, 2.75) is 60.4 Å². The first-order chi connectivity index (χ1) is 15.9. The van der Waals surface area contributed by atoms with Gasteiger partial charge in [0.25, 0.3) is 0 Å². The van der Waals surface area contributed by atoms with Crippen molar-refractivity contribution in [3.8, 4) is 0 Å². The van der Waals surface area contributed by atoms with Gasteiger partial charge in [-0.1, -0.05) is 45.4 Å². The lowest BCUT2D eigenvalue weighted by molar-refractivity contribution is 0.173. The molecule has 0 radical (unpaired) electrons.